The lowest BCUT2D eigenvalue weighted by Gasteiger charge is -2.32. The third-order valence-corrected chi connectivity index (χ3v) is 3.13. The van der Waals surface area contributed by atoms with Gasteiger partial charge in [0.15, 0.2) is 11.3 Å². The van der Waals surface area contributed by atoms with Crippen LogP contribution in [-0.2, 0) is 25.2 Å². The second-order valence-electron chi connectivity index (χ2n) is 4.82. The summed E-state index contributed by atoms with van der Waals surface area (Å²) < 4.78 is 53.6. The van der Waals surface area contributed by atoms with E-state index >= 15 is 0 Å². The summed E-state index contributed by atoms with van der Waals surface area (Å²) in [5.41, 5.74) is -0.645. The molecule has 10 heteroatoms. The summed E-state index contributed by atoms with van der Waals surface area (Å²) in [5, 5.41) is 5.32. The molecule has 0 radical (unpaired) electrons. The van der Waals surface area contributed by atoms with Gasteiger partial charge in [-0.3, -0.25) is 4.79 Å². The van der Waals surface area contributed by atoms with Crippen molar-refractivity contribution in [2.24, 2.45) is 0 Å². The standard InChI is InChI=1S/C14H15F3N2O4S/c1-8(20)23-12-11(21-5-6-22-12)19-13(24)18-10-4-2-3-9(7-10)14(15,16)17/h2-4,7,11-12H,5-6H2,1H3,(H2,18,19,24)/t11-,12-/m0/s1. The van der Waals surface area contributed by atoms with Crippen LogP contribution < -0.4 is 10.6 Å². The van der Waals surface area contributed by atoms with Crippen LogP contribution in [0.3, 0.4) is 0 Å². The Balaban J connectivity index is 1.98. The molecule has 132 valence electrons. The first-order chi connectivity index (χ1) is 11.3. The van der Waals surface area contributed by atoms with Crippen LogP contribution in [0.4, 0.5) is 18.9 Å². The van der Waals surface area contributed by atoms with Crippen LogP contribution in [0.2, 0.25) is 0 Å². The summed E-state index contributed by atoms with van der Waals surface area (Å²) in [6.07, 6.45) is -6.32. The van der Waals surface area contributed by atoms with Crippen LogP contribution in [0.5, 0.6) is 0 Å². The van der Waals surface area contributed by atoms with Crippen molar-refractivity contribution in [3.05, 3.63) is 29.8 Å². The predicted molar refractivity (Wildman–Crippen MR) is 82.0 cm³/mol. The van der Waals surface area contributed by atoms with Crippen molar-refractivity contribution in [2.75, 3.05) is 18.5 Å². The van der Waals surface area contributed by atoms with Gasteiger partial charge in [-0.15, -0.1) is 0 Å². The zero-order valence-corrected chi connectivity index (χ0v) is 13.4. The normalized spacial score (nSPS) is 21.0. The van der Waals surface area contributed by atoms with E-state index in [0.717, 1.165) is 12.1 Å². The SMILES string of the molecule is CC(=O)O[C@@H]1OCCO[C@@H]1NC(=S)Nc1cccc(C(F)(F)F)c1. The van der Waals surface area contributed by atoms with E-state index in [2.05, 4.69) is 10.6 Å². The minimum Gasteiger partial charge on any atom is -0.431 e. The monoisotopic (exact) mass is 364 g/mol. The Labute approximate surface area is 141 Å². The van der Waals surface area contributed by atoms with Gasteiger partial charge in [-0.1, -0.05) is 6.07 Å². The summed E-state index contributed by atoms with van der Waals surface area (Å²) in [7, 11) is 0. The fourth-order valence-electron chi connectivity index (χ4n) is 1.94. The molecule has 0 amide bonds. The first kappa shape index (κ1) is 18.4. The molecule has 0 saturated carbocycles. The molecule has 1 aliphatic rings. The van der Waals surface area contributed by atoms with Crippen molar-refractivity contribution in [3.8, 4) is 0 Å². The number of carbonyl (C=O) groups is 1. The Morgan fingerprint density at radius 2 is 2.04 bits per heavy atom. The third kappa shape index (κ3) is 5.32. The number of nitrogens with one attached hydrogen (secondary N) is 2. The van der Waals surface area contributed by atoms with E-state index in [9.17, 15) is 18.0 Å². The first-order valence-corrected chi connectivity index (χ1v) is 7.32. The molecule has 0 spiro atoms. The number of rotatable bonds is 3. The maximum absolute atomic E-state index is 12.7. The van der Waals surface area contributed by atoms with Crippen LogP contribution in [0.15, 0.2) is 24.3 Å². The van der Waals surface area contributed by atoms with Crippen molar-refractivity contribution in [3.63, 3.8) is 0 Å². The fourth-order valence-corrected chi connectivity index (χ4v) is 2.18. The Morgan fingerprint density at radius 1 is 1.33 bits per heavy atom. The van der Waals surface area contributed by atoms with Gasteiger partial charge in [0.2, 0.25) is 6.29 Å². The lowest BCUT2D eigenvalue weighted by atomic mass is 10.2. The number of halogens is 3. The highest BCUT2D eigenvalue weighted by atomic mass is 32.1. The van der Waals surface area contributed by atoms with E-state index in [1.165, 1.54) is 19.1 Å². The van der Waals surface area contributed by atoms with Gasteiger partial charge >= 0.3 is 12.1 Å². The van der Waals surface area contributed by atoms with E-state index in [1.807, 2.05) is 0 Å². The van der Waals surface area contributed by atoms with Gasteiger partial charge < -0.3 is 24.8 Å². The Hall–Kier alpha value is -1.91. The largest absolute Gasteiger partial charge is 0.431 e. The van der Waals surface area contributed by atoms with Gasteiger partial charge in [0.05, 0.1) is 18.8 Å². The van der Waals surface area contributed by atoms with Gasteiger partial charge in [-0.25, -0.2) is 0 Å². The molecule has 1 heterocycles. The average molecular weight is 364 g/mol. The van der Waals surface area contributed by atoms with Gasteiger partial charge in [0.25, 0.3) is 0 Å². The van der Waals surface area contributed by atoms with E-state index in [4.69, 9.17) is 26.4 Å². The van der Waals surface area contributed by atoms with Crippen molar-refractivity contribution in [2.45, 2.75) is 25.6 Å². The molecule has 1 aromatic rings. The smallest absolute Gasteiger partial charge is 0.416 e. The van der Waals surface area contributed by atoms with Crippen LogP contribution in [0, 0.1) is 0 Å². The molecule has 1 aliphatic heterocycles. The maximum Gasteiger partial charge on any atom is 0.416 e. The summed E-state index contributed by atoms with van der Waals surface area (Å²) >= 11 is 5.04. The molecular weight excluding hydrogens is 349 g/mol. The minimum atomic E-state index is -4.45. The predicted octanol–water partition coefficient (Wildman–Crippen LogP) is 2.25. The number of ether oxygens (including phenoxy) is 3. The Bertz CT molecular complexity index is 612. The second-order valence-corrected chi connectivity index (χ2v) is 5.23. The molecule has 2 atom stereocenters. The average Bonchev–Trinajstić information content (AvgIpc) is 2.48. The lowest BCUT2D eigenvalue weighted by molar-refractivity contribution is -0.244. The molecule has 0 unspecified atom stereocenters. The van der Waals surface area contributed by atoms with Gasteiger partial charge in [0.1, 0.15) is 0 Å². The van der Waals surface area contributed by atoms with E-state index in [-0.39, 0.29) is 24.0 Å². The molecule has 1 aromatic carbocycles. The van der Waals surface area contributed by atoms with Crippen molar-refractivity contribution < 1.29 is 32.2 Å². The molecule has 0 aromatic heterocycles. The van der Waals surface area contributed by atoms with E-state index < -0.39 is 30.2 Å². The molecular formula is C14H15F3N2O4S. The highest BCUT2D eigenvalue weighted by Crippen LogP contribution is 2.30. The molecule has 1 fully saturated rings. The summed E-state index contributed by atoms with van der Waals surface area (Å²) in [4.78, 5) is 11.0. The van der Waals surface area contributed by atoms with Crippen LogP contribution >= 0.6 is 12.2 Å². The summed E-state index contributed by atoms with van der Waals surface area (Å²) in [5.74, 6) is -0.561. The maximum atomic E-state index is 12.7. The van der Waals surface area contributed by atoms with E-state index in [1.54, 1.807) is 0 Å². The topological polar surface area (TPSA) is 68.8 Å². The molecule has 2 rings (SSSR count). The zero-order chi connectivity index (χ0) is 17.7. The lowest BCUT2D eigenvalue weighted by Crippen LogP contribution is -2.52. The van der Waals surface area contributed by atoms with Gasteiger partial charge in [-0.2, -0.15) is 13.2 Å². The number of anilines is 1. The zero-order valence-electron chi connectivity index (χ0n) is 12.6. The number of benzene rings is 1. The number of hydrogen-bond acceptors (Lipinski definition) is 5. The molecule has 0 bridgehead atoms. The number of carbonyl (C=O) groups excluding carboxylic acids is 1. The molecule has 6 nitrogen and oxygen atoms in total. The number of hydrogen-bond donors (Lipinski definition) is 2. The molecule has 0 aliphatic carbocycles. The number of alkyl halides is 3. The van der Waals surface area contributed by atoms with Crippen molar-refractivity contribution in [1.82, 2.24) is 5.32 Å². The Kier molecular flexibility index (Phi) is 5.97. The van der Waals surface area contributed by atoms with Crippen LogP contribution in [0.1, 0.15) is 12.5 Å². The highest BCUT2D eigenvalue weighted by Gasteiger charge is 2.31. The fraction of sp³-hybridized carbons (Fsp3) is 0.429. The molecule has 24 heavy (non-hydrogen) atoms. The van der Waals surface area contributed by atoms with Crippen molar-refractivity contribution >= 4 is 29.0 Å². The summed E-state index contributed by atoms with van der Waals surface area (Å²) in [6.45, 7) is 1.71. The van der Waals surface area contributed by atoms with Crippen LogP contribution in [-0.4, -0.2) is 36.8 Å². The first-order valence-electron chi connectivity index (χ1n) is 6.91. The van der Waals surface area contributed by atoms with Crippen molar-refractivity contribution in [1.29, 1.82) is 0 Å². The quantitative estimate of drug-likeness (QED) is 0.630. The van der Waals surface area contributed by atoms with Crippen LogP contribution in [0.25, 0.3) is 0 Å². The number of esters is 1. The van der Waals surface area contributed by atoms with Gasteiger partial charge in [0, 0.05) is 12.6 Å². The number of thiocarbonyl (C=S) groups is 1. The second kappa shape index (κ2) is 7.77. The van der Waals surface area contributed by atoms with Gasteiger partial charge in [-0.05, 0) is 30.4 Å². The van der Waals surface area contributed by atoms with E-state index in [0.29, 0.717) is 0 Å². The molecule has 2 N–H and O–H groups in total. The highest BCUT2D eigenvalue weighted by molar-refractivity contribution is 7.80. The minimum absolute atomic E-state index is 0.00183. The molecule has 1 saturated heterocycles. The Morgan fingerprint density at radius 3 is 2.71 bits per heavy atom. The summed E-state index contributed by atoms with van der Waals surface area (Å²) in [6, 6.07) is 4.58. The third-order valence-electron chi connectivity index (χ3n) is 2.91.